The lowest BCUT2D eigenvalue weighted by Gasteiger charge is -2.14. The van der Waals surface area contributed by atoms with Crippen LogP contribution in [-0.2, 0) is 0 Å². The van der Waals surface area contributed by atoms with E-state index in [2.05, 4.69) is 25.2 Å². The molecule has 0 aliphatic heterocycles. The number of carbonyl (C=O) groups excluding carboxylic acids is 1. The number of H-pyrrole nitrogens is 1. The molecule has 2 aromatic rings. The number of hydrogen-bond acceptors (Lipinski definition) is 4. The van der Waals surface area contributed by atoms with Crippen LogP contribution in [0.4, 0.5) is 13.2 Å². The Labute approximate surface area is 130 Å². The molecule has 0 saturated heterocycles. The molecule has 1 amide bonds. The van der Waals surface area contributed by atoms with E-state index in [1.807, 2.05) is 6.92 Å². The quantitative estimate of drug-likeness (QED) is 0.884. The van der Waals surface area contributed by atoms with Crippen LogP contribution < -0.4 is 10.1 Å². The maximum absolute atomic E-state index is 12.2. The molecular formula is C14H15F3N4O2. The summed E-state index contributed by atoms with van der Waals surface area (Å²) in [5.41, 5.74) is 0.0532. The molecule has 9 heteroatoms. The van der Waals surface area contributed by atoms with Crippen molar-refractivity contribution in [3.63, 3.8) is 0 Å². The molecule has 124 valence electrons. The Morgan fingerprint density at radius 2 is 2.17 bits per heavy atom. The van der Waals surface area contributed by atoms with E-state index in [9.17, 15) is 18.0 Å². The van der Waals surface area contributed by atoms with E-state index in [1.165, 1.54) is 12.1 Å². The Morgan fingerprint density at radius 3 is 2.74 bits per heavy atom. The first-order chi connectivity index (χ1) is 10.8. The minimum absolute atomic E-state index is 0.0532. The van der Waals surface area contributed by atoms with Crippen molar-refractivity contribution in [2.45, 2.75) is 32.7 Å². The van der Waals surface area contributed by atoms with Gasteiger partial charge in [0.05, 0.1) is 6.04 Å². The average molecular weight is 328 g/mol. The lowest BCUT2D eigenvalue weighted by atomic mass is 10.1. The summed E-state index contributed by atoms with van der Waals surface area (Å²) in [6, 6.07) is 4.42. The zero-order valence-electron chi connectivity index (χ0n) is 12.4. The summed E-state index contributed by atoms with van der Waals surface area (Å²) in [4.78, 5) is 16.3. The molecule has 0 unspecified atom stereocenters. The van der Waals surface area contributed by atoms with Gasteiger partial charge >= 0.3 is 6.36 Å². The number of benzene rings is 1. The van der Waals surface area contributed by atoms with Gasteiger partial charge < -0.3 is 10.1 Å². The normalized spacial score (nSPS) is 12.7. The predicted octanol–water partition coefficient (Wildman–Crippen LogP) is 2.89. The second-order valence-electron chi connectivity index (χ2n) is 4.79. The number of ether oxygens (including phenoxy) is 1. The van der Waals surface area contributed by atoms with Crippen LogP contribution in [0.1, 0.15) is 41.4 Å². The number of carbonyl (C=O) groups is 1. The fourth-order valence-electron chi connectivity index (χ4n) is 1.94. The van der Waals surface area contributed by atoms with Crippen molar-refractivity contribution in [2.24, 2.45) is 0 Å². The fourth-order valence-corrected chi connectivity index (χ4v) is 1.94. The Morgan fingerprint density at radius 1 is 1.43 bits per heavy atom. The molecule has 1 aromatic heterocycles. The highest BCUT2D eigenvalue weighted by molar-refractivity contribution is 5.94. The SMILES string of the molecule is CC[C@@H](NC(=O)c1cccc(OC(F)(F)F)c1)c1n[nH]c(C)n1. The molecule has 2 rings (SSSR count). The van der Waals surface area contributed by atoms with E-state index in [0.717, 1.165) is 12.1 Å². The van der Waals surface area contributed by atoms with Crippen LogP contribution in [0.3, 0.4) is 0 Å². The van der Waals surface area contributed by atoms with Crippen LogP contribution in [0, 0.1) is 6.92 Å². The molecule has 0 bridgehead atoms. The van der Waals surface area contributed by atoms with Gasteiger partial charge in [-0.15, -0.1) is 13.2 Å². The smallest absolute Gasteiger partial charge is 0.406 e. The number of aromatic nitrogens is 3. The number of nitrogens with one attached hydrogen (secondary N) is 2. The first kappa shape index (κ1) is 16.8. The standard InChI is InChI=1S/C14H15F3N4O2/c1-3-11(12-18-8(2)20-21-12)19-13(22)9-5-4-6-10(7-9)23-14(15,16)17/h4-7,11H,3H2,1-2H3,(H,19,22)(H,18,20,21)/t11-/m1/s1. The molecule has 23 heavy (non-hydrogen) atoms. The third-order valence-electron chi connectivity index (χ3n) is 2.97. The number of hydrogen-bond donors (Lipinski definition) is 2. The summed E-state index contributed by atoms with van der Waals surface area (Å²) in [6.07, 6.45) is -4.28. The van der Waals surface area contributed by atoms with Crippen LogP contribution in [0.2, 0.25) is 0 Å². The Balaban J connectivity index is 2.12. The van der Waals surface area contributed by atoms with Crippen molar-refractivity contribution < 1.29 is 22.7 Å². The topological polar surface area (TPSA) is 79.9 Å². The highest BCUT2D eigenvalue weighted by atomic mass is 19.4. The number of halogens is 3. The Bertz CT molecular complexity index is 685. The van der Waals surface area contributed by atoms with Crippen LogP contribution in [0.25, 0.3) is 0 Å². The van der Waals surface area contributed by atoms with E-state index in [1.54, 1.807) is 6.92 Å². The molecule has 2 N–H and O–H groups in total. The summed E-state index contributed by atoms with van der Waals surface area (Å²) in [5.74, 6) is 0.0354. The second kappa shape index (κ2) is 6.67. The van der Waals surface area contributed by atoms with Crippen LogP contribution >= 0.6 is 0 Å². The molecule has 1 atom stereocenters. The van der Waals surface area contributed by atoms with Gasteiger partial charge in [-0.05, 0) is 31.5 Å². The monoisotopic (exact) mass is 328 g/mol. The summed E-state index contributed by atoms with van der Waals surface area (Å²) in [5, 5.41) is 9.33. The largest absolute Gasteiger partial charge is 0.573 e. The van der Waals surface area contributed by atoms with Crippen molar-refractivity contribution in [3.05, 3.63) is 41.5 Å². The van der Waals surface area contributed by atoms with Crippen molar-refractivity contribution in [1.29, 1.82) is 0 Å². The van der Waals surface area contributed by atoms with Crippen LogP contribution in [0.15, 0.2) is 24.3 Å². The van der Waals surface area contributed by atoms with Gasteiger partial charge in [0.2, 0.25) is 0 Å². The maximum Gasteiger partial charge on any atom is 0.573 e. The Kier molecular flexibility index (Phi) is 4.87. The minimum atomic E-state index is -4.81. The van der Waals surface area contributed by atoms with Gasteiger partial charge in [0.1, 0.15) is 11.6 Å². The number of nitrogens with zero attached hydrogens (tertiary/aromatic N) is 2. The summed E-state index contributed by atoms with van der Waals surface area (Å²) >= 11 is 0. The first-order valence-electron chi connectivity index (χ1n) is 6.84. The number of aryl methyl sites for hydroxylation is 1. The van der Waals surface area contributed by atoms with Gasteiger partial charge in [0, 0.05) is 5.56 Å². The van der Waals surface area contributed by atoms with Crippen LogP contribution in [-0.4, -0.2) is 27.5 Å². The molecule has 0 aliphatic rings. The predicted molar refractivity (Wildman–Crippen MR) is 74.7 cm³/mol. The maximum atomic E-state index is 12.2. The zero-order chi connectivity index (χ0) is 17.0. The molecule has 6 nitrogen and oxygen atoms in total. The molecule has 0 spiro atoms. The van der Waals surface area contributed by atoms with E-state index in [-0.39, 0.29) is 5.56 Å². The number of aromatic amines is 1. The molecule has 1 aromatic carbocycles. The number of rotatable bonds is 5. The fraction of sp³-hybridized carbons (Fsp3) is 0.357. The van der Waals surface area contributed by atoms with Gasteiger partial charge in [-0.2, -0.15) is 5.10 Å². The summed E-state index contributed by atoms with van der Waals surface area (Å²) in [6.45, 7) is 3.56. The highest BCUT2D eigenvalue weighted by Gasteiger charge is 2.31. The Hall–Kier alpha value is -2.58. The van der Waals surface area contributed by atoms with Crippen molar-refractivity contribution >= 4 is 5.91 Å². The summed E-state index contributed by atoms with van der Waals surface area (Å²) in [7, 11) is 0. The minimum Gasteiger partial charge on any atom is -0.406 e. The lowest BCUT2D eigenvalue weighted by molar-refractivity contribution is -0.274. The van der Waals surface area contributed by atoms with Gasteiger partial charge in [-0.1, -0.05) is 13.0 Å². The summed E-state index contributed by atoms with van der Waals surface area (Å²) < 4.78 is 40.5. The molecule has 0 radical (unpaired) electrons. The van der Waals surface area contributed by atoms with Gasteiger partial charge in [0.15, 0.2) is 5.82 Å². The van der Waals surface area contributed by atoms with E-state index >= 15 is 0 Å². The number of amides is 1. The third kappa shape index (κ3) is 4.70. The van der Waals surface area contributed by atoms with Gasteiger partial charge in [0.25, 0.3) is 5.91 Å². The van der Waals surface area contributed by atoms with E-state index in [0.29, 0.717) is 18.1 Å². The average Bonchev–Trinajstić information content (AvgIpc) is 2.89. The van der Waals surface area contributed by atoms with E-state index < -0.39 is 24.1 Å². The molecule has 0 fully saturated rings. The lowest BCUT2D eigenvalue weighted by Crippen LogP contribution is -2.29. The van der Waals surface area contributed by atoms with E-state index in [4.69, 9.17) is 0 Å². The number of alkyl halides is 3. The van der Waals surface area contributed by atoms with Crippen molar-refractivity contribution in [3.8, 4) is 5.75 Å². The van der Waals surface area contributed by atoms with Gasteiger partial charge in [-0.3, -0.25) is 9.89 Å². The molecular weight excluding hydrogens is 313 g/mol. The zero-order valence-corrected chi connectivity index (χ0v) is 12.4. The third-order valence-corrected chi connectivity index (χ3v) is 2.97. The molecule has 0 saturated carbocycles. The van der Waals surface area contributed by atoms with Crippen LogP contribution in [0.5, 0.6) is 5.75 Å². The van der Waals surface area contributed by atoms with Crippen molar-refractivity contribution in [1.82, 2.24) is 20.5 Å². The molecule has 0 aliphatic carbocycles. The van der Waals surface area contributed by atoms with Gasteiger partial charge in [-0.25, -0.2) is 4.98 Å². The highest BCUT2D eigenvalue weighted by Crippen LogP contribution is 2.23. The first-order valence-corrected chi connectivity index (χ1v) is 6.84. The second-order valence-corrected chi connectivity index (χ2v) is 4.79. The molecule has 1 heterocycles. The van der Waals surface area contributed by atoms with Crippen molar-refractivity contribution in [2.75, 3.05) is 0 Å².